The summed E-state index contributed by atoms with van der Waals surface area (Å²) in [6.07, 6.45) is -0.210. The van der Waals surface area contributed by atoms with Gasteiger partial charge in [0.25, 0.3) is 10.0 Å². The van der Waals surface area contributed by atoms with Crippen LogP contribution in [0.3, 0.4) is 0 Å². The molecule has 1 aliphatic rings. The highest BCUT2D eigenvalue weighted by Gasteiger charge is 2.28. The molecule has 1 atom stereocenters. The number of carbonyl (C=O) groups is 1. The Morgan fingerprint density at radius 3 is 2.49 bits per heavy atom. The van der Waals surface area contributed by atoms with Crippen LogP contribution >= 0.6 is 11.3 Å². The molecule has 0 saturated heterocycles. The van der Waals surface area contributed by atoms with Gasteiger partial charge in [0.1, 0.15) is 16.6 Å². The molecule has 0 amide bonds. The second-order valence-corrected chi connectivity index (χ2v) is 12.0. The first-order valence-electron chi connectivity index (χ1n) is 13.2. The number of hydrogen-bond donors (Lipinski definition) is 3. The highest BCUT2D eigenvalue weighted by atomic mass is 32.2. The van der Waals surface area contributed by atoms with Crippen LogP contribution in [0.2, 0.25) is 0 Å². The third-order valence-electron chi connectivity index (χ3n) is 6.28. The van der Waals surface area contributed by atoms with Crippen LogP contribution in [-0.4, -0.2) is 44.5 Å². The zero-order valence-electron chi connectivity index (χ0n) is 22.7. The van der Waals surface area contributed by atoms with E-state index in [9.17, 15) is 22.0 Å². The standard InChI is InChI=1S/C29H26F3N5O4S2/c1-2-41-24(38)16-23-36-26(27(42-23)22-14-15-33-29(35-22)34-17-8-4-3-5-9-17)18-10-6-13-21(25(18)32)37-43(39,40)28-19(30)11-7-12-20(28)31/h3-13,29,33-34,37H,2,14-16H2,1H3. The van der Waals surface area contributed by atoms with E-state index < -0.39 is 50.3 Å². The number of sulfonamides is 1. The number of hydrogen-bond acceptors (Lipinski definition) is 9. The first kappa shape index (κ1) is 30.2. The van der Waals surface area contributed by atoms with Crippen molar-refractivity contribution >= 4 is 44.4 Å². The number of nitrogens with one attached hydrogen (secondary N) is 3. The minimum absolute atomic E-state index is 0.0932. The number of esters is 1. The lowest BCUT2D eigenvalue weighted by atomic mass is 10.1. The summed E-state index contributed by atoms with van der Waals surface area (Å²) in [7, 11) is -4.84. The molecule has 43 heavy (non-hydrogen) atoms. The fourth-order valence-electron chi connectivity index (χ4n) is 4.42. The molecule has 5 rings (SSSR count). The van der Waals surface area contributed by atoms with E-state index in [0.29, 0.717) is 28.6 Å². The number of halogens is 3. The van der Waals surface area contributed by atoms with Crippen molar-refractivity contribution in [1.29, 1.82) is 0 Å². The van der Waals surface area contributed by atoms with Crippen molar-refractivity contribution in [1.82, 2.24) is 10.3 Å². The number of ether oxygens (including phenoxy) is 1. The van der Waals surface area contributed by atoms with E-state index >= 15 is 4.39 Å². The molecule has 14 heteroatoms. The van der Waals surface area contributed by atoms with E-state index in [2.05, 4.69) is 15.6 Å². The number of thiazole rings is 1. The first-order valence-corrected chi connectivity index (χ1v) is 15.5. The lowest BCUT2D eigenvalue weighted by Gasteiger charge is -2.23. The van der Waals surface area contributed by atoms with Gasteiger partial charge < -0.3 is 10.1 Å². The molecule has 4 aromatic rings. The largest absolute Gasteiger partial charge is 0.466 e. The average Bonchev–Trinajstić information content (AvgIpc) is 3.38. The maximum Gasteiger partial charge on any atom is 0.312 e. The smallest absolute Gasteiger partial charge is 0.312 e. The Morgan fingerprint density at radius 1 is 1.05 bits per heavy atom. The van der Waals surface area contributed by atoms with Gasteiger partial charge in [0, 0.05) is 24.2 Å². The molecular weight excluding hydrogens is 603 g/mol. The quantitative estimate of drug-likeness (QED) is 0.203. The molecule has 1 aromatic heterocycles. The number of nitrogens with zero attached hydrogens (tertiary/aromatic N) is 2. The highest BCUT2D eigenvalue weighted by molar-refractivity contribution is 7.92. The van der Waals surface area contributed by atoms with Gasteiger partial charge in [-0.3, -0.25) is 14.8 Å². The van der Waals surface area contributed by atoms with Gasteiger partial charge in [-0.15, -0.1) is 11.3 Å². The summed E-state index contributed by atoms with van der Waals surface area (Å²) in [5.74, 6) is -4.18. The molecule has 3 aromatic carbocycles. The lowest BCUT2D eigenvalue weighted by molar-refractivity contribution is -0.142. The number of rotatable bonds is 10. The van der Waals surface area contributed by atoms with Crippen LogP contribution in [0.4, 0.5) is 24.5 Å². The van der Waals surface area contributed by atoms with Crippen LogP contribution < -0.4 is 15.4 Å². The first-order chi connectivity index (χ1) is 20.7. The molecule has 0 aliphatic carbocycles. The van der Waals surface area contributed by atoms with Gasteiger partial charge in [-0.1, -0.05) is 30.3 Å². The number of para-hydroxylation sites is 1. The minimum atomic E-state index is -4.84. The third kappa shape index (κ3) is 6.87. The Hall–Kier alpha value is -4.27. The van der Waals surface area contributed by atoms with Crippen LogP contribution in [0.1, 0.15) is 23.2 Å². The predicted octanol–water partition coefficient (Wildman–Crippen LogP) is 5.31. The van der Waals surface area contributed by atoms with Gasteiger partial charge in [0.05, 0.1) is 35.0 Å². The van der Waals surface area contributed by atoms with Gasteiger partial charge in [-0.2, -0.15) is 0 Å². The van der Waals surface area contributed by atoms with E-state index in [0.717, 1.165) is 41.3 Å². The van der Waals surface area contributed by atoms with Crippen LogP contribution in [0, 0.1) is 17.5 Å². The molecule has 0 fully saturated rings. The van der Waals surface area contributed by atoms with Crippen molar-refractivity contribution in [3.8, 4) is 11.3 Å². The Balaban J connectivity index is 1.54. The topological polar surface area (TPSA) is 122 Å². The Kier molecular flexibility index (Phi) is 9.08. The zero-order valence-corrected chi connectivity index (χ0v) is 24.4. The molecule has 0 spiro atoms. The third-order valence-corrected chi connectivity index (χ3v) is 8.80. The second-order valence-electron chi connectivity index (χ2n) is 9.28. The summed E-state index contributed by atoms with van der Waals surface area (Å²) in [5, 5.41) is 6.86. The maximum absolute atomic E-state index is 16.0. The Bertz CT molecular complexity index is 1760. The minimum Gasteiger partial charge on any atom is -0.466 e. The molecule has 0 radical (unpaired) electrons. The molecule has 0 saturated carbocycles. The molecule has 3 N–H and O–H groups in total. The molecule has 224 valence electrons. The summed E-state index contributed by atoms with van der Waals surface area (Å²) < 4.78 is 77.3. The molecule has 1 aliphatic heterocycles. The molecule has 9 nitrogen and oxygen atoms in total. The van der Waals surface area contributed by atoms with Gasteiger partial charge in [-0.25, -0.2) is 31.6 Å². The number of benzene rings is 3. The summed E-state index contributed by atoms with van der Waals surface area (Å²) >= 11 is 1.15. The number of carbonyl (C=O) groups excluding carboxylic acids is 1. The number of anilines is 2. The van der Waals surface area contributed by atoms with Crippen molar-refractivity contribution in [2.75, 3.05) is 23.2 Å². The van der Waals surface area contributed by atoms with Crippen molar-refractivity contribution < 1.29 is 31.1 Å². The Labute approximate surface area is 249 Å². The second kappa shape index (κ2) is 12.9. The van der Waals surface area contributed by atoms with E-state index in [1.54, 1.807) is 6.92 Å². The van der Waals surface area contributed by atoms with E-state index in [1.165, 1.54) is 12.1 Å². The fraction of sp³-hybridized carbons (Fsp3) is 0.207. The molecule has 1 unspecified atom stereocenters. The average molecular weight is 630 g/mol. The van der Waals surface area contributed by atoms with Gasteiger partial charge in [0.2, 0.25) is 0 Å². The number of aromatic nitrogens is 1. The van der Waals surface area contributed by atoms with Crippen molar-refractivity contribution in [3.05, 3.63) is 94.1 Å². The SMILES string of the molecule is CCOC(=O)Cc1nc(-c2cccc(NS(=O)(=O)c3c(F)cccc3F)c2F)c(C2=NC(Nc3ccccc3)NCC2)s1. The van der Waals surface area contributed by atoms with Gasteiger partial charge in [0.15, 0.2) is 17.0 Å². The Morgan fingerprint density at radius 2 is 1.77 bits per heavy atom. The zero-order chi connectivity index (χ0) is 30.6. The van der Waals surface area contributed by atoms with Gasteiger partial charge in [-0.05, 0) is 43.3 Å². The van der Waals surface area contributed by atoms with E-state index in [4.69, 9.17) is 9.73 Å². The maximum atomic E-state index is 16.0. The normalized spacial score (nSPS) is 15.1. The van der Waals surface area contributed by atoms with Crippen LogP contribution in [0.5, 0.6) is 0 Å². The monoisotopic (exact) mass is 629 g/mol. The van der Waals surface area contributed by atoms with E-state index in [-0.39, 0.29) is 24.3 Å². The summed E-state index contributed by atoms with van der Waals surface area (Å²) in [6.45, 7) is 2.38. The van der Waals surface area contributed by atoms with Gasteiger partial charge >= 0.3 is 5.97 Å². The summed E-state index contributed by atoms with van der Waals surface area (Å²) in [4.78, 5) is 20.8. The van der Waals surface area contributed by atoms with E-state index in [1.807, 2.05) is 35.1 Å². The fourth-order valence-corrected chi connectivity index (χ4v) is 6.71. The molecular formula is C29H26F3N5O4S2. The number of aliphatic imine (C=N–C) groups is 1. The van der Waals surface area contributed by atoms with Crippen LogP contribution in [0.25, 0.3) is 11.3 Å². The van der Waals surface area contributed by atoms with Crippen molar-refractivity contribution in [3.63, 3.8) is 0 Å². The predicted molar refractivity (Wildman–Crippen MR) is 158 cm³/mol. The van der Waals surface area contributed by atoms with Crippen molar-refractivity contribution in [2.24, 2.45) is 4.99 Å². The molecule has 2 heterocycles. The summed E-state index contributed by atoms with van der Waals surface area (Å²) in [6, 6.07) is 15.9. The summed E-state index contributed by atoms with van der Waals surface area (Å²) in [5.41, 5.74) is 0.925. The van der Waals surface area contributed by atoms with Crippen LogP contribution in [-0.2, 0) is 26.0 Å². The highest BCUT2D eigenvalue weighted by Crippen LogP contribution is 2.35. The lowest BCUT2D eigenvalue weighted by Crippen LogP contribution is -2.40. The van der Waals surface area contributed by atoms with Crippen LogP contribution in [0.15, 0.2) is 76.6 Å². The van der Waals surface area contributed by atoms with Crippen molar-refractivity contribution in [2.45, 2.75) is 31.0 Å². The molecule has 0 bridgehead atoms.